The molecule has 1 N–H and O–H groups in total. The normalized spacial score (nSPS) is 11.1. The summed E-state index contributed by atoms with van der Waals surface area (Å²) >= 11 is 8.89. The second kappa shape index (κ2) is 7.64. The molecular formula is C16H17Br2NS. The molecule has 0 saturated heterocycles. The number of rotatable bonds is 5. The van der Waals surface area contributed by atoms with Crippen molar-refractivity contribution in [1.29, 1.82) is 0 Å². The first-order valence-electron chi connectivity index (χ1n) is 6.50. The van der Waals surface area contributed by atoms with Crippen molar-refractivity contribution >= 4 is 43.6 Å². The van der Waals surface area contributed by atoms with Gasteiger partial charge in [-0.15, -0.1) is 0 Å². The molecule has 0 atom stereocenters. The second-order valence-electron chi connectivity index (χ2n) is 4.84. The van der Waals surface area contributed by atoms with Gasteiger partial charge in [-0.1, -0.05) is 63.5 Å². The summed E-state index contributed by atoms with van der Waals surface area (Å²) in [6.07, 6.45) is 0. The Morgan fingerprint density at radius 2 is 1.65 bits per heavy atom. The van der Waals surface area contributed by atoms with Gasteiger partial charge >= 0.3 is 0 Å². The molecule has 0 aromatic heterocycles. The molecule has 0 unspecified atom stereocenters. The van der Waals surface area contributed by atoms with Crippen molar-refractivity contribution in [2.24, 2.45) is 0 Å². The van der Waals surface area contributed by atoms with Gasteiger partial charge in [-0.05, 0) is 42.0 Å². The molecule has 0 amide bonds. The lowest BCUT2D eigenvalue weighted by Crippen LogP contribution is -2.21. The Kier molecular flexibility index (Phi) is 6.15. The van der Waals surface area contributed by atoms with Crippen LogP contribution in [-0.2, 0) is 6.54 Å². The van der Waals surface area contributed by atoms with Crippen molar-refractivity contribution in [3.8, 4) is 0 Å². The monoisotopic (exact) mass is 413 g/mol. The topological polar surface area (TPSA) is 12.0 Å². The van der Waals surface area contributed by atoms with Crippen LogP contribution in [0.1, 0.15) is 19.4 Å². The number of halogens is 2. The van der Waals surface area contributed by atoms with Crippen molar-refractivity contribution in [2.45, 2.75) is 36.2 Å². The van der Waals surface area contributed by atoms with Crippen molar-refractivity contribution in [2.75, 3.05) is 0 Å². The first-order valence-corrected chi connectivity index (χ1v) is 8.90. The van der Waals surface area contributed by atoms with Crippen LogP contribution in [0.15, 0.2) is 61.2 Å². The molecule has 0 aliphatic heterocycles. The van der Waals surface area contributed by atoms with Gasteiger partial charge in [0, 0.05) is 31.3 Å². The Morgan fingerprint density at radius 3 is 2.25 bits per heavy atom. The Balaban J connectivity index is 2.06. The molecule has 0 spiro atoms. The zero-order chi connectivity index (χ0) is 14.5. The van der Waals surface area contributed by atoms with Crippen LogP contribution in [-0.4, -0.2) is 6.04 Å². The van der Waals surface area contributed by atoms with Gasteiger partial charge in [0.05, 0.1) is 0 Å². The molecule has 0 aliphatic rings. The van der Waals surface area contributed by atoms with Gasteiger partial charge in [-0.3, -0.25) is 0 Å². The van der Waals surface area contributed by atoms with Gasteiger partial charge in [0.15, 0.2) is 0 Å². The molecule has 0 radical (unpaired) electrons. The van der Waals surface area contributed by atoms with E-state index in [0.29, 0.717) is 6.04 Å². The third kappa shape index (κ3) is 4.92. The summed E-state index contributed by atoms with van der Waals surface area (Å²) in [6.45, 7) is 5.21. The van der Waals surface area contributed by atoms with Gasteiger partial charge < -0.3 is 5.32 Å². The lowest BCUT2D eigenvalue weighted by molar-refractivity contribution is 0.587. The second-order valence-corrected chi connectivity index (χ2v) is 7.76. The molecule has 0 fully saturated rings. The van der Waals surface area contributed by atoms with Gasteiger partial charge in [0.1, 0.15) is 0 Å². The Labute approximate surface area is 141 Å². The summed E-state index contributed by atoms with van der Waals surface area (Å²) in [5.74, 6) is 0. The Hall–Kier alpha value is -0.290. The molecular weight excluding hydrogens is 398 g/mol. The van der Waals surface area contributed by atoms with Crippen LogP contribution in [0.2, 0.25) is 0 Å². The number of benzene rings is 2. The highest BCUT2D eigenvalue weighted by Crippen LogP contribution is 2.31. The minimum atomic E-state index is 0.499. The van der Waals surface area contributed by atoms with E-state index in [9.17, 15) is 0 Å². The standard InChI is InChI=1S/C16H17Br2NS/c1-11(2)19-10-12-3-6-15(9-16(12)18)20-14-7-4-13(17)5-8-14/h3-9,11,19H,10H2,1-2H3. The molecule has 1 nitrogen and oxygen atoms in total. The van der Waals surface area contributed by atoms with Crippen molar-refractivity contribution in [1.82, 2.24) is 5.32 Å². The van der Waals surface area contributed by atoms with E-state index in [1.165, 1.54) is 15.4 Å². The van der Waals surface area contributed by atoms with Crippen LogP contribution >= 0.6 is 43.6 Å². The van der Waals surface area contributed by atoms with Gasteiger partial charge in [0.2, 0.25) is 0 Å². The zero-order valence-corrected chi connectivity index (χ0v) is 15.5. The number of nitrogens with one attached hydrogen (secondary N) is 1. The molecule has 0 saturated carbocycles. The van der Waals surface area contributed by atoms with E-state index in [1.807, 2.05) is 0 Å². The van der Waals surface area contributed by atoms with Crippen LogP contribution in [0.5, 0.6) is 0 Å². The fraction of sp³-hybridized carbons (Fsp3) is 0.250. The molecule has 0 heterocycles. The van der Waals surface area contributed by atoms with E-state index in [2.05, 4.69) is 93.5 Å². The molecule has 2 aromatic rings. The predicted molar refractivity (Wildman–Crippen MR) is 94.4 cm³/mol. The van der Waals surface area contributed by atoms with E-state index in [4.69, 9.17) is 0 Å². The fourth-order valence-corrected chi connectivity index (χ4v) is 3.48. The summed E-state index contributed by atoms with van der Waals surface area (Å²) in [6, 6.07) is 15.4. The lowest BCUT2D eigenvalue weighted by Gasteiger charge is -2.11. The number of hydrogen-bond acceptors (Lipinski definition) is 2. The Bertz CT molecular complexity index is 567. The average molecular weight is 415 g/mol. The summed E-state index contributed by atoms with van der Waals surface area (Å²) in [4.78, 5) is 2.49. The van der Waals surface area contributed by atoms with Crippen LogP contribution in [0.25, 0.3) is 0 Å². The highest BCUT2D eigenvalue weighted by Gasteiger charge is 2.04. The van der Waals surface area contributed by atoms with Crippen LogP contribution in [0.3, 0.4) is 0 Å². The minimum absolute atomic E-state index is 0.499. The molecule has 0 aliphatic carbocycles. The zero-order valence-electron chi connectivity index (χ0n) is 11.5. The summed E-state index contributed by atoms with van der Waals surface area (Å²) < 4.78 is 2.27. The SMILES string of the molecule is CC(C)NCc1ccc(Sc2ccc(Br)cc2)cc1Br. The Morgan fingerprint density at radius 1 is 1.00 bits per heavy atom. The van der Waals surface area contributed by atoms with Gasteiger partial charge in [-0.25, -0.2) is 0 Å². The molecule has 106 valence electrons. The highest BCUT2D eigenvalue weighted by atomic mass is 79.9. The third-order valence-electron chi connectivity index (χ3n) is 2.77. The van der Waals surface area contributed by atoms with Crippen LogP contribution < -0.4 is 5.32 Å². The smallest absolute Gasteiger partial charge is 0.0231 e. The molecule has 2 aromatic carbocycles. The first-order chi connectivity index (χ1) is 9.54. The maximum Gasteiger partial charge on any atom is 0.0231 e. The maximum atomic E-state index is 3.66. The quantitative estimate of drug-likeness (QED) is 0.657. The van der Waals surface area contributed by atoms with Crippen molar-refractivity contribution in [3.05, 3.63) is 57.0 Å². The third-order valence-corrected chi connectivity index (χ3v) is 5.04. The van der Waals surface area contributed by atoms with E-state index in [-0.39, 0.29) is 0 Å². The van der Waals surface area contributed by atoms with Crippen molar-refractivity contribution in [3.63, 3.8) is 0 Å². The first kappa shape index (κ1) is 16.1. The van der Waals surface area contributed by atoms with E-state index < -0.39 is 0 Å². The van der Waals surface area contributed by atoms with Crippen molar-refractivity contribution < 1.29 is 0 Å². The minimum Gasteiger partial charge on any atom is -0.310 e. The van der Waals surface area contributed by atoms with Crippen LogP contribution in [0.4, 0.5) is 0 Å². The summed E-state index contributed by atoms with van der Waals surface area (Å²) in [5.41, 5.74) is 1.29. The summed E-state index contributed by atoms with van der Waals surface area (Å²) in [7, 11) is 0. The van der Waals surface area contributed by atoms with Crippen LogP contribution in [0, 0.1) is 0 Å². The maximum absolute atomic E-state index is 3.66. The molecule has 20 heavy (non-hydrogen) atoms. The molecule has 4 heteroatoms. The predicted octanol–water partition coefficient (Wildman–Crippen LogP) is 5.86. The molecule has 0 bridgehead atoms. The summed E-state index contributed by atoms with van der Waals surface area (Å²) in [5, 5.41) is 3.44. The fourth-order valence-electron chi connectivity index (χ4n) is 1.69. The lowest BCUT2D eigenvalue weighted by atomic mass is 10.2. The molecule has 2 rings (SSSR count). The van der Waals surface area contributed by atoms with Gasteiger partial charge in [-0.2, -0.15) is 0 Å². The van der Waals surface area contributed by atoms with E-state index >= 15 is 0 Å². The van der Waals surface area contributed by atoms with Gasteiger partial charge in [0.25, 0.3) is 0 Å². The average Bonchev–Trinajstić information content (AvgIpc) is 2.40. The largest absolute Gasteiger partial charge is 0.310 e. The highest BCUT2D eigenvalue weighted by molar-refractivity contribution is 9.10. The number of hydrogen-bond donors (Lipinski definition) is 1. The van der Waals surface area contributed by atoms with E-state index in [1.54, 1.807) is 11.8 Å². The van der Waals surface area contributed by atoms with E-state index in [0.717, 1.165) is 15.5 Å².